The van der Waals surface area contributed by atoms with Crippen molar-refractivity contribution in [3.05, 3.63) is 70.2 Å². The first-order valence-electron chi connectivity index (χ1n) is 7.44. The van der Waals surface area contributed by atoms with E-state index in [2.05, 4.69) is 33.7 Å². The molecule has 0 heterocycles. The van der Waals surface area contributed by atoms with Crippen LogP contribution >= 0.6 is 15.9 Å². The van der Waals surface area contributed by atoms with Crippen molar-refractivity contribution in [2.75, 3.05) is 13.7 Å². The Morgan fingerprint density at radius 1 is 1.32 bits per heavy atom. The summed E-state index contributed by atoms with van der Waals surface area (Å²) in [5.41, 5.74) is 2.14. The lowest BCUT2D eigenvalue weighted by Crippen LogP contribution is -1.98. The molecule has 0 saturated heterocycles. The van der Waals surface area contributed by atoms with Gasteiger partial charge in [0.25, 0.3) is 0 Å². The Morgan fingerprint density at radius 3 is 2.84 bits per heavy atom. The van der Waals surface area contributed by atoms with Gasteiger partial charge in [0.15, 0.2) is 11.5 Å². The zero-order valence-corrected chi connectivity index (χ0v) is 15.3. The molecule has 2 aromatic rings. The topological polar surface area (TPSA) is 63.8 Å². The Bertz CT molecular complexity index is 813. The largest absolute Gasteiger partial charge is 0.493 e. The van der Waals surface area contributed by atoms with Crippen LogP contribution < -0.4 is 9.47 Å². The molecule has 0 atom stereocenters. The molecule has 0 saturated carbocycles. The minimum atomic E-state index is 0.221. The molecule has 0 aliphatic rings. The summed E-state index contributed by atoms with van der Waals surface area (Å²) < 4.78 is 11.7. The highest BCUT2D eigenvalue weighted by Crippen LogP contribution is 2.36. The van der Waals surface area contributed by atoms with Gasteiger partial charge in [0, 0.05) is 11.1 Å². The van der Waals surface area contributed by atoms with Crippen molar-refractivity contribution >= 4 is 22.1 Å². The highest BCUT2D eigenvalue weighted by molar-refractivity contribution is 9.10. The summed E-state index contributed by atoms with van der Waals surface area (Å²) in [5, 5.41) is 13.0. The van der Waals surface area contributed by atoms with E-state index in [9.17, 15) is 0 Å². The van der Waals surface area contributed by atoms with E-state index < -0.39 is 0 Å². The summed E-state index contributed by atoms with van der Waals surface area (Å²) in [6.45, 7) is 4.23. The molecule has 0 aliphatic heterocycles. The summed E-state index contributed by atoms with van der Waals surface area (Å²) in [7, 11) is 1.57. The van der Waals surface area contributed by atoms with E-state index in [4.69, 9.17) is 19.6 Å². The SMILES string of the molecule is C=CCOc1c(Br)cc(/C=N\OCc2ccccc2C#N)cc1OC. The van der Waals surface area contributed by atoms with Crippen LogP contribution in [0.25, 0.3) is 0 Å². The molecule has 0 aromatic heterocycles. The second kappa shape index (κ2) is 9.50. The number of oxime groups is 1. The first kappa shape index (κ1) is 18.6. The Morgan fingerprint density at radius 2 is 2.12 bits per heavy atom. The van der Waals surface area contributed by atoms with Crippen LogP contribution in [-0.2, 0) is 11.4 Å². The zero-order valence-electron chi connectivity index (χ0n) is 13.7. The number of nitriles is 1. The van der Waals surface area contributed by atoms with Gasteiger partial charge in [-0.3, -0.25) is 0 Å². The lowest BCUT2D eigenvalue weighted by molar-refractivity contribution is 0.132. The van der Waals surface area contributed by atoms with Crippen molar-refractivity contribution < 1.29 is 14.3 Å². The van der Waals surface area contributed by atoms with Crippen molar-refractivity contribution in [3.8, 4) is 17.6 Å². The molecule has 2 rings (SSSR count). The average molecular weight is 401 g/mol. The van der Waals surface area contributed by atoms with Crippen molar-refractivity contribution in [3.63, 3.8) is 0 Å². The maximum absolute atomic E-state index is 9.05. The second-order valence-electron chi connectivity index (χ2n) is 4.91. The summed E-state index contributed by atoms with van der Waals surface area (Å²) in [4.78, 5) is 5.29. The van der Waals surface area contributed by atoms with Crippen molar-refractivity contribution in [2.24, 2.45) is 5.16 Å². The maximum Gasteiger partial charge on any atom is 0.175 e. The highest BCUT2D eigenvalue weighted by Gasteiger charge is 2.10. The van der Waals surface area contributed by atoms with Crippen molar-refractivity contribution in [1.82, 2.24) is 0 Å². The smallest absolute Gasteiger partial charge is 0.175 e. The van der Waals surface area contributed by atoms with Gasteiger partial charge < -0.3 is 14.3 Å². The zero-order chi connectivity index (χ0) is 18.1. The third-order valence-electron chi connectivity index (χ3n) is 3.23. The Balaban J connectivity index is 2.07. The molecule has 0 aliphatic carbocycles. The van der Waals surface area contributed by atoms with Gasteiger partial charge in [-0.25, -0.2) is 0 Å². The maximum atomic E-state index is 9.05. The quantitative estimate of drug-likeness (QED) is 0.373. The molecular formula is C19H17BrN2O3. The van der Waals surface area contributed by atoms with E-state index in [1.54, 1.807) is 31.5 Å². The number of halogens is 1. The standard InChI is InChI=1S/C19H17BrN2O3/c1-3-8-24-19-17(20)9-14(10-18(19)23-2)12-22-25-13-16-7-5-4-6-15(16)11-21/h3-7,9-10,12H,1,8,13H2,2H3/b22-12-. The van der Waals surface area contributed by atoms with E-state index in [0.29, 0.717) is 23.7 Å². The number of methoxy groups -OCH3 is 1. The van der Waals surface area contributed by atoms with Crippen LogP contribution in [0.4, 0.5) is 0 Å². The minimum Gasteiger partial charge on any atom is -0.493 e. The lowest BCUT2D eigenvalue weighted by atomic mass is 10.1. The van der Waals surface area contributed by atoms with E-state index >= 15 is 0 Å². The Kier molecular flexibility index (Phi) is 7.05. The molecular weight excluding hydrogens is 384 g/mol. The fourth-order valence-corrected chi connectivity index (χ4v) is 2.63. The van der Waals surface area contributed by atoms with E-state index in [1.165, 1.54) is 0 Å². The molecule has 0 fully saturated rings. The fraction of sp³-hybridized carbons (Fsp3) is 0.158. The van der Waals surface area contributed by atoms with E-state index in [-0.39, 0.29) is 6.61 Å². The summed E-state index contributed by atoms with van der Waals surface area (Å²) in [5.74, 6) is 1.18. The second-order valence-corrected chi connectivity index (χ2v) is 5.77. The van der Waals surface area contributed by atoms with Gasteiger partial charge in [-0.05, 0) is 34.1 Å². The van der Waals surface area contributed by atoms with E-state index in [1.807, 2.05) is 24.3 Å². The van der Waals surface area contributed by atoms with Crippen molar-refractivity contribution in [1.29, 1.82) is 5.26 Å². The van der Waals surface area contributed by atoms with Crippen LogP contribution in [0, 0.1) is 11.3 Å². The van der Waals surface area contributed by atoms with Crippen LogP contribution in [0.2, 0.25) is 0 Å². The van der Waals surface area contributed by atoms with E-state index in [0.717, 1.165) is 15.6 Å². The molecule has 0 unspecified atom stereocenters. The van der Waals surface area contributed by atoms with Gasteiger partial charge in [-0.1, -0.05) is 36.0 Å². The van der Waals surface area contributed by atoms with Gasteiger partial charge >= 0.3 is 0 Å². The molecule has 25 heavy (non-hydrogen) atoms. The molecule has 0 bridgehead atoms. The average Bonchev–Trinajstić information content (AvgIpc) is 2.64. The fourth-order valence-electron chi connectivity index (χ4n) is 2.06. The number of hydrogen-bond acceptors (Lipinski definition) is 5. The van der Waals surface area contributed by atoms with Crippen LogP contribution in [0.1, 0.15) is 16.7 Å². The van der Waals surface area contributed by atoms with Gasteiger partial charge in [-0.2, -0.15) is 5.26 Å². The van der Waals surface area contributed by atoms with Crippen molar-refractivity contribution in [2.45, 2.75) is 6.61 Å². The third-order valence-corrected chi connectivity index (χ3v) is 3.82. The minimum absolute atomic E-state index is 0.221. The first-order valence-corrected chi connectivity index (χ1v) is 8.23. The normalized spacial score (nSPS) is 10.3. The monoisotopic (exact) mass is 400 g/mol. The number of rotatable bonds is 8. The molecule has 0 radical (unpaired) electrons. The predicted octanol–water partition coefficient (Wildman–Crippen LogP) is 4.44. The van der Waals surface area contributed by atoms with Crippen LogP contribution in [-0.4, -0.2) is 19.9 Å². The van der Waals surface area contributed by atoms with Gasteiger partial charge in [0.2, 0.25) is 0 Å². The van der Waals surface area contributed by atoms with Crippen LogP contribution in [0.15, 0.2) is 58.7 Å². The highest BCUT2D eigenvalue weighted by atomic mass is 79.9. The van der Waals surface area contributed by atoms with Gasteiger partial charge in [0.05, 0.1) is 29.4 Å². The number of benzene rings is 2. The molecule has 128 valence electrons. The summed E-state index contributed by atoms with van der Waals surface area (Å²) >= 11 is 3.46. The van der Waals surface area contributed by atoms with Crippen LogP contribution in [0.3, 0.4) is 0 Å². The molecule has 0 spiro atoms. The predicted molar refractivity (Wildman–Crippen MR) is 99.9 cm³/mol. The molecule has 6 heteroatoms. The van der Waals surface area contributed by atoms with Gasteiger partial charge in [-0.15, -0.1) is 0 Å². The number of hydrogen-bond donors (Lipinski definition) is 0. The number of nitrogens with zero attached hydrogens (tertiary/aromatic N) is 2. The molecule has 0 N–H and O–H groups in total. The van der Waals surface area contributed by atoms with Gasteiger partial charge in [0.1, 0.15) is 13.2 Å². The first-order chi connectivity index (χ1) is 12.2. The molecule has 0 amide bonds. The summed E-state index contributed by atoms with van der Waals surface area (Å²) in [6.07, 6.45) is 3.23. The Hall–Kier alpha value is -2.78. The van der Waals surface area contributed by atoms with Crippen LogP contribution in [0.5, 0.6) is 11.5 Å². The summed E-state index contributed by atoms with van der Waals surface area (Å²) in [6, 6.07) is 13.0. The lowest BCUT2D eigenvalue weighted by Gasteiger charge is -2.12. The molecule has 5 nitrogen and oxygen atoms in total. The number of ether oxygens (including phenoxy) is 2. The molecule has 2 aromatic carbocycles. The third kappa shape index (κ3) is 5.10. The Labute approximate surface area is 155 Å².